The Morgan fingerprint density at radius 1 is 0.770 bits per heavy atom. The van der Waals surface area contributed by atoms with E-state index in [1.54, 1.807) is 0 Å². The van der Waals surface area contributed by atoms with Gasteiger partial charge in [-0.05, 0) is 37.6 Å². The smallest absolute Gasteiger partial charge is 0.414 e. The van der Waals surface area contributed by atoms with Gasteiger partial charge in [-0.25, -0.2) is 14.4 Å². The molecular weight excluding hydrogens is 985 g/mol. The molecule has 0 bridgehead atoms. The van der Waals surface area contributed by atoms with Gasteiger partial charge in [0.2, 0.25) is 18.2 Å². The number of Topliss-reactive ketones (excluding diaryl/α,β-unsaturated/α-hetero) is 1. The average Bonchev–Trinajstić information content (AvgIpc) is 3.33. The van der Waals surface area contributed by atoms with Crippen molar-refractivity contribution in [2.24, 2.45) is 0 Å². The Morgan fingerprint density at radius 3 is 2.03 bits per heavy atom. The fourth-order valence-electron chi connectivity index (χ4n) is 9.22. The summed E-state index contributed by atoms with van der Waals surface area (Å²) in [6.07, 6.45) is -17.6. The first kappa shape index (κ1) is 54.1. The number of carbonyl (C=O) groups is 9. The number of hydrogen-bond acceptors (Lipinski definition) is 23. The maximum atomic E-state index is 14.0. The number of benzene rings is 3. The maximum Gasteiger partial charge on any atom is 0.414 e. The van der Waals surface area contributed by atoms with E-state index in [9.17, 15) is 63.6 Å². The molecule has 0 aromatic heterocycles. The van der Waals surface area contributed by atoms with Crippen LogP contribution in [0.2, 0.25) is 0 Å². The molecule has 25 heteroatoms. The predicted octanol–water partition coefficient (Wildman–Crippen LogP) is 2.24. The van der Waals surface area contributed by atoms with Gasteiger partial charge in [0.15, 0.2) is 36.2 Å². The van der Waals surface area contributed by atoms with Crippen molar-refractivity contribution < 1.29 is 111 Å². The molecular formula is C49H52N2O23. The normalized spacial score (nSPS) is 26.9. The summed E-state index contributed by atoms with van der Waals surface area (Å²) in [5.74, 6) is -7.77. The fraction of sp³-hybridized carbons (Fsp3) is 0.449. The van der Waals surface area contributed by atoms with E-state index in [2.05, 4.69) is 10.6 Å². The number of methoxy groups -OCH3 is 2. The standard InChI is InChI=1S/C49H52N2O23/c1-19-36(56)28(15-31(68-19)72-30-17-49(64,20(2)52)16-27-33(30)40(60)35-34(38(27)58)37(57)26-9-8-10-29(65-6)32(26)39(35)59)51-47(62)67-18-24-11-13-25(14-12-24)50-48(63)74-46-44(71-23(5)55)42(70-22(4)54)41(69-21(3)53)43(73-46)45(61)66-7/h8-14,19,28,30-31,36,41-44,46,56,58,60,64H,15-18H2,1-7H3,(H,50,63)(H,51,62)/t19-,28-,30-,31-,36+,41-,42-,43-,44+,46-,49-/m0/s1. The van der Waals surface area contributed by atoms with E-state index in [4.69, 9.17) is 47.4 Å². The van der Waals surface area contributed by atoms with Crippen LogP contribution in [-0.4, -0.2) is 149 Å². The SMILES string of the molecule is COC(=O)[C@H]1O[C@@H](OC(=O)Nc2ccc(COC(=O)N[C@H]3C[C@H](O[C@H]4C[C@](O)(C(C)=O)Cc5c(O)c6c(c(O)c54)C(=O)c4c(OC)cccc4C6=O)O[C@@H](C)[C@H]3O)cc2)[C@H](OC(C)=O)[C@@H](OC(C)=O)[C@@H]1OC(C)=O. The van der Waals surface area contributed by atoms with Crippen molar-refractivity contribution in [2.75, 3.05) is 19.5 Å². The van der Waals surface area contributed by atoms with E-state index < -0.39 is 156 Å². The maximum absolute atomic E-state index is 14.0. The minimum absolute atomic E-state index is 0.0368. The summed E-state index contributed by atoms with van der Waals surface area (Å²) in [6.45, 7) is 5.22. The Hall–Kier alpha value is -7.71. The number of phenolic OH excluding ortho intramolecular Hbond substituents is 2. The molecule has 0 unspecified atom stereocenters. The molecule has 2 saturated heterocycles. The van der Waals surface area contributed by atoms with Crippen molar-refractivity contribution in [3.63, 3.8) is 0 Å². The van der Waals surface area contributed by atoms with E-state index in [-0.39, 0.29) is 46.7 Å². The Labute approximate surface area is 420 Å². The third-order valence-corrected chi connectivity index (χ3v) is 12.7. The van der Waals surface area contributed by atoms with Crippen molar-refractivity contribution in [3.8, 4) is 17.2 Å². The quantitative estimate of drug-likeness (QED) is 0.0635. The number of hydrogen-bond donors (Lipinski definition) is 6. The van der Waals surface area contributed by atoms with Crippen LogP contribution in [0, 0.1) is 0 Å². The van der Waals surface area contributed by atoms with E-state index in [0.717, 1.165) is 34.8 Å². The summed E-state index contributed by atoms with van der Waals surface area (Å²) < 4.78 is 54.3. The van der Waals surface area contributed by atoms with Crippen LogP contribution in [0.4, 0.5) is 15.3 Å². The average molecular weight is 1040 g/mol. The van der Waals surface area contributed by atoms with Gasteiger partial charge >= 0.3 is 36.1 Å². The number of rotatable bonds is 13. The van der Waals surface area contributed by atoms with Crippen LogP contribution >= 0.6 is 0 Å². The lowest BCUT2D eigenvalue weighted by atomic mass is 9.72. The number of alkyl carbamates (subject to hydrolysis) is 1. The Kier molecular flexibility index (Phi) is 15.9. The molecule has 7 rings (SSSR count). The first-order valence-corrected chi connectivity index (χ1v) is 22.8. The summed E-state index contributed by atoms with van der Waals surface area (Å²) in [7, 11) is 2.28. The number of nitrogens with one attached hydrogen (secondary N) is 2. The molecule has 3 aromatic rings. The molecule has 3 aromatic carbocycles. The molecule has 74 heavy (non-hydrogen) atoms. The molecule has 4 aliphatic rings. The highest BCUT2D eigenvalue weighted by atomic mass is 16.8. The van der Waals surface area contributed by atoms with Crippen molar-refractivity contribution in [3.05, 3.63) is 81.4 Å². The highest BCUT2D eigenvalue weighted by Gasteiger charge is 2.56. The summed E-state index contributed by atoms with van der Waals surface area (Å²) in [6, 6.07) is 8.86. The molecule has 2 fully saturated rings. The number of esters is 4. The number of aliphatic hydroxyl groups is 2. The van der Waals surface area contributed by atoms with Crippen molar-refractivity contribution in [1.82, 2.24) is 5.32 Å². The van der Waals surface area contributed by atoms with Gasteiger partial charge in [0.1, 0.15) is 35.6 Å². The number of aliphatic hydroxyl groups excluding tert-OH is 1. The van der Waals surface area contributed by atoms with Gasteiger partial charge in [-0.1, -0.05) is 24.3 Å². The Balaban J connectivity index is 1.01. The van der Waals surface area contributed by atoms with Crippen molar-refractivity contribution in [1.29, 1.82) is 0 Å². The zero-order valence-electron chi connectivity index (χ0n) is 40.7. The van der Waals surface area contributed by atoms with Crippen LogP contribution in [0.1, 0.15) is 102 Å². The van der Waals surface area contributed by atoms with Gasteiger partial charge in [-0.15, -0.1) is 0 Å². The summed E-state index contributed by atoms with van der Waals surface area (Å²) >= 11 is 0. The lowest BCUT2D eigenvalue weighted by Gasteiger charge is -2.42. The van der Waals surface area contributed by atoms with Crippen LogP contribution in [-0.2, 0) is 79.6 Å². The number of aromatic hydroxyl groups is 2. The number of ether oxygens (including phenoxy) is 10. The van der Waals surface area contributed by atoms with Gasteiger partial charge < -0.3 is 73.1 Å². The van der Waals surface area contributed by atoms with E-state index in [1.807, 2.05) is 0 Å². The lowest BCUT2D eigenvalue weighted by molar-refractivity contribution is -0.287. The Morgan fingerprint density at radius 2 is 1.41 bits per heavy atom. The summed E-state index contributed by atoms with van der Waals surface area (Å²) in [5, 5.41) is 51.1. The van der Waals surface area contributed by atoms with Crippen LogP contribution in [0.3, 0.4) is 0 Å². The summed E-state index contributed by atoms with van der Waals surface area (Å²) in [5.41, 5.74) is -3.42. The molecule has 2 amide bonds. The number of amides is 2. The molecule has 6 N–H and O–H groups in total. The van der Waals surface area contributed by atoms with Gasteiger partial charge in [0.05, 0.1) is 49.2 Å². The second-order valence-corrected chi connectivity index (χ2v) is 17.7. The molecule has 0 saturated carbocycles. The predicted molar refractivity (Wildman–Crippen MR) is 243 cm³/mol. The topological polar surface area (TPSA) is 351 Å². The van der Waals surface area contributed by atoms with E-state index >= 15 is 0 Å². The van der Waals surface area contributed by atoms with Gasteiger partial charge in [-0.3, -0.25) is 34.1 Å². The van der Waals surface area contributed by atoms with Gasteiger partial charge in [-0.2, -0.15) is 0 Å². The van der Waals surface area contributed by atoms with Crippen molar-refractivity contribution >= 4 is 59.1 Å². The molecule has 0 radical (unpaired) electrons. The first-order valence-electron chi connectivity index (χ1n) is 22.8. The fourth-order valence-corrected chi connectivity index (χ4v) is 9.22. The molecule has 2 heterocycles. The van der Waals surface area contributed by atoms with Crippen LogP contribution in [0.15, 0.2) is 42.5 Å². The van der Waals surface area contributed by atoms with Crippen LogP contribution in [0.25, 0.3) is 0 Å². The molecule has 396 valence electrons. The van der Waals surface area contributed by atoms with E-state index in [1.165, 1.54) is 56.5 Å². The van der Waals surface area contributed by atoms with Gasteiger partial charge in [0.25, 0.3) is 0 Å². The minimum atomic E-state index is -2.19. The third kappa shape index (κ3) is 11.0. The number of carbonyl (C=O) groups excluding carboxylic acids is 9. The van der Waals surface area contributed by atoms with Crippen LogP contribution < -0.4 is 15.4 Å². The first-order chi connectivity index (χ1) is 35.0. The summed E-state index contributed by atoms with van der Waals surface area (Å²) in [4.78, 5) is 116. The second kappa shape index (κ2) is 21.8. The Bertz CT molecular complexity index is 2780. The van der Waals surface area contributed by atoms with Gasteiger partial charge in [0, 0.05) is 62.4 Å². The number of anilines is 1. The zero-order chi connectivity index (χ0) is 54.1. The molecule has 2 aliphatic heterocycles. The largest absolute Gasteiger partial charge is 0.507 e. The third-order valence-electron chi connectivity index (χ3n) is 12.7. The number of fused-ring (bicyclic) bond motifs is 3. The highest BCUT2D eigenvalue weighted by Crippen LogP contribution is 2.52. The molecule has 2 aliphatic carbocycles. The number of ketones is 3. The lowest BCUT2D eigenvalue weighted by Crippen LogP contribution is -2.64. The minimum Gasteiger partial charge on any atom is -0.507 e. The monoisotopic (exact) mass is 1040 g/mol. The molecule has 11 atom stereocenters. The highest BCUT2D eigenvalue weighted by molar-refractivity contribution is 6.31. The van der Waals surface area contributed by atoms with Crippen molar-refractivity contribution in [2.45, 2.75) is 127 Å². The molecule has 0 spiro atoms. The zero-order valence-corrected chi connectivity index (χ0v) is 40.7. The van der Waals surface area contributed by atoms with E-state index in [0.29, 0.717) is 5.56 Å². The number of phenols is 2. The second-order valence-electron chi connectivity index (χ2n) is 17.7. The molecule has 25 nitrogen and oxygen atoms in total. The van der Waals surface area contributed by atoms with Crippen LogP contribution in [0.5, 0.6) is 17.2 Å².